The van der Waals surface area contributed by atoms with Gasteiger partial charge >= 0.3 is 5.97 Å². The first kappa shape index (κ1) is 8.13. The summed E-state index contributed by atoms with van der Waals surface area (Å²) < 4.78 is 0. The molecule has 0 saturated heterocycles. The van der Waals surface area contributed by atoms with Crippen molar-refractivity contribution in [2.24, 2.45) is 0 Å². The summed E-state index contributed by atoms with van der Waals surface area (Å²) in [5, 5.41) is 24.6. The fourth-order valence-corrected chi connectivity index (χ4v) is 0.330. The lowest BCUT2D eigenvalue weighted by atomic mass is 10.3. The molecule has 0 unspecified atom stereocenters. The number of aliphatic carboxylic acids is 1. The van der Waals surface area contributed by atoms with Crippen molar-refractivity contribution in [2.45, 2.75) is 0 Å². The SMILES string of the molecule is O=C(O)C(=CCO)CO. The Labute approximate surface area is 52.1 Å². The van der Waals surface area contributed by atoms with Crippen molar-refractivity contribution >= 4 is 5.97 Å². The first-order valence-electron chi connectivity index (χ1n) is 2.36. The molecule has 4 nitrogen and oxygen atoms in total. The summed E-state index contributed by atoms with van der Waals surface area (Å²) in [5.74, 6) is -1.20. The summed E-state index contributed by atoms with van der Waals surface area (Å²) in [6, 6.07) is 0. The van der Waals surface area contributed by atoms with Crippen LogP contribution in [0.3, 0.4) is 0 Å². The van der Waals surface area contributed by atoms with E-state index in [0.717, 1.165) is 6.08 Å². The fraction of sp³-hybridized carbons (Fsp3) is 0.400. The summed E-state index contributed by atoms with van der Waals surface area (Å²) in [6.45, 7) is -0.905. The number of aliphatic hydroxyl groups excluding tert-OH is 2. The molecule has 0 amide bonds. The van der Waals surface area contributed by atoms with Gasteiger partial charge in [-0.25, -0.2) is 4.79 Å². The van der Waals surface area contributed by atoms with E-state index in [9.17, 15) is 4.79 Å². The van der Waals surface area contributed by atoms with Gasteiger partial charge in [0, 0.05) is 0 Å². The van der Waals surface area contributed by atoms with Crippen molar-refractivity contribution in [3.05, 3.63) is 11.6 Å². The second-order valence-electron chi connectivity index (χ2n) is 1.38. The minimum atomic E-state index is -1.20. The van der Waals surface area contributed by atoms with Crippen LogP contribution in [0.1, 0.15) is 0 Å². The third-order valence-corrected chi connectivity index (χ3v) is 0.783. The number of carboxylic acid groups (broad SMARTS) is 1. The largest absolute Gasteiger partial charge is 0.478 e. The number of aliphatic hydroxyl groups is 2. The average Bonchev–Trinajstić information content (AvgIpc) is 1.82. The zero-order valence-electron chi connectivity index (χ0n) is 4.74. The van der Waals surface area contributed by atoms with Crippen LogP contribution in [0, 0.1) is 0 Å². The second-order valence-corrected chi connectivity index (χ2v) is 1.38. The molecule has 0 aromatic heterocycles. The number of hydrogen-bond donors (Lipinski definition) is 3. The normalized spacial score (nSPS) is 11.6. The maximum absolute atomic E-state index is 9.98. The molecule has 0 aliphatic carbocycles. The van der Waals surface area contributed by atoms with Crippen LogP contribution < -0.4 is 0 Å². The van der Waals surface area contributed by atoms with Crippen LogP contribution in [0.15, 0.2) is 11.6 Å². The molecule has 0 spiro atoms. The molecule has 9 heavy (non-hydrogen) atoms. The Kier molecular flexibility index (Phi) is 3.66. The predicted molar refractivity (Wildman–Crippen MR) is 29.9 cm³/mol. The number of rotatable bonds is 3. The topological polar surface area (TPSA) is 77.8 Å². The van der Waals surface area contributed by atoms with Gasteiger partial charge in [0.2, 0.25) is 0 Å². The van der Waals surface area contributed by atoms with Gasteiger partial charge in [-0.3, -0.25) is 0 Å². The zero-order valence-corrected chi connectivity index (χ0v) is 4.74. The molecular formula is C5H8O4. The zero-order chi connectivity index (χ0) is 7.28. The van der Waals surface area contributed by atoms with Gasteiger partial charge in [-0.15, -0.1) is 0 Å². The lowest BCUT2D eigenvalue weighted by Gasteiger charge is -1.92. The van der Waals surface area contributed by atoms with Crippen molar-refractivity contribution in [3.8, 4) is 0 Å². The first-order valence-corrected chi connectivity index (χ1v) is 2.36. The highest BCUT2D eigenvalue weighted by atomic mass is 16.4. The minimum absolute atomic E-state index is 0.183. The van der Waals surface area contributed by atoms with Crippen molar-refractivity contribution in [1.29, 1.82) is 0 Å². The average molecular weight is 132 g/mol. The van der Waals surface area contributed by atoms with Gasteiger partial charge in [0.05, 0.1) is 18.8 Å². The van der Waals surface area contributed by atoms with Crippen molar-refractivity contribution in [2.75, 3.05) is 13.2 Å². The molecule has 3 N–H and O–H groups in total. The minimum Gasteiger partial charge on any atom is -0.478 e. The molecule has 0 radical (unpaired) electrons. The van der Waals surface area contributed by atoms with Crippen molar-refractivity contribution in [3.63, 3.8) is 0 Å². The molecular weight excluding hydrogens is 124 g/mol. The number of carbonyl (C=O) groups is 1. The van der Waals surface area contributed by atoms with E-state index in [0.29, 0.717) is 0 Å². The van der Waals surface area contributed by atoms with Crippen LogP contribution in [-0.2, 0) is 4.79 Å². The molecule has 52 valence electrons. The first-order chi connectivity index (χ1) is 4.22. The van der Waals surface area contributed by atoms with E-state index >= 15 is 0 Å². The van der Waals surface area contributed by atoms with Crippen LogP contribution in [-0.4, -0.2) is 34.5 Å². The molecule has 0 aliphatic rings. The summed E-state index contributed by atoms with van der Waals surface area (Å²) in [4.78, 5) is 9.98. The lowest BCUT2D eigenvalue weighted by molar-refractivity contribution is -0.133. The van der Waals surface area contributed by atoms with Gasteiger partial charge in [-0.2, -0.15) is 0 Å². The Hall–Kier alpha value is -0.870. The van der Waals surface area contributed by atoms with Crippen LogP contribution in [0.4, 0.5) is 0 Å². The quantitative estimate of drug-likeness (QED) is 0.429. The third kappa shape index (κ3) is 2.84. The van der Waals surface area contributed by atoms with E-state index in [2.05, 4.69) is 0 Å². The lowest BCUT2D eigenvalue weighted by Crippen LogP contribution is -2.05. The standard InChI is InChI=1S/C5H8O4/c6-2-1-4(3-7)5(8)9/h1,6-7H,2-3H2,(H,8,9). The Bertz CT molecular complexity index is 127. The molecule has 0 heterocycles. The molecule has 0 rings (SSSR count). The van der Waals surface area contributed by atoms with Gasteiger partial charge in [0.25, 0.3) is 0 Å². The molecule has 0 atom stereocenters. The van der Waals surface area contributed by atoms with E-state index in [1.165, 1.54) is 0 Å². The van der Waals surface area contributed by atoms with Gasteiger partial charge in [0.15, 0.2) is 0 Å². The van der Waals surface area contributed by atoms with Gasteiger partial charge in [-0.1, -0.05) is 0 Å². The van der Waals surface area contributed by atoms with E-state index in [1.807, 2.05) is 0 Å². The summed E-state index contributed by atoms with van der Waals surface area (Å²) in [5.41, 5.74) is -0.183. The van der Waals surface area contributed by atoms with E-state index in [4.69, 9.17) is 15.3 Å². The molecule has 0 fully saturated rings. The van der Waals surface area contributed by atoms with Crippen LogP contribution in [0.5, 0.6) is 0 Å². The van der Waals surface area contributed by atoms with Crippen molar-refractivity contribution in [1.82, 2.24) is 0 Å². The summed E-state index contributed by atoms with van der Waals surface area (Å²) in [6.07, 6.45) is 1.04. The monoisotopic (exact) mass is 132 g/mol. The van der Waals surface area contributed by atoms with Crippen LogP contribution >= 0.6 is 0 Å². The van der Waals surface area contributed by atoms with Crippen LogP contribution in [0.2, 0.25) is 0 Å². The number of hydrogen-bond acceptors (Lipinski definition) is 3. The third-order valence-electron chi connectivity index (χ3n) is 0.783. The predicted octanol–water partition coefficient (Wildman–Crippen LogP) is -1.02. The van der Waals surface area contributed by atoms with E-state index < -0.39 is 12.6 Å². The Morgan fingerprint density at radius 1 is 1.44 bits per heavy atom. The Morgan fingerprint density at radius 3 is 2.11 bits per heavy atom. The molecule has 0 aromatic rings. The highest BCUT2D eigenvalue weighted by Gasteiger charge is 2.02. The second kappa shape index (κ2) is 4.05. The van der Waals surface area contributed by atoms with Crippen LogP contribution in [0.25, 0.3) is 0 Å². The highest BCUT2D eigenvalue weighted by Crippen LogP contribution is 1.90. The molecule has 4 heteroatoms. The summed E-state index contributed by atoms with van der Waals surface area (Å²) in [7, 11) is 0. The summed E-state index contributed by atoms with van der Waals surface area (Å²) >= 11 is 0. The maximum atomic E-state index is 9.98. The fourth-order valence-electron chi connectivity index (χ4n) is 0.330. The molecule has 0 bridgehead atoms. The van der Waals surface area contributed by atoms with E-state index in [1.54, 1.807) is 0 Å². The highest BCUT2D eigenvalue weighted by molar-refractivity contribution is 5.86. The van der Waals surface area contributed by atoms with Crippen molar-refractivity contribution < 1.29 is 20.1 Å². The Morgan fingerprint density at radius 2 is 2.00 bits per heavy atom. The smallest absolute Gasteiger partial charge is 0.333 e. The van der Waals surface area contributed by atoms with E-state index in [-0.39, 0.29) is 12.2 Å². The molecule has 0 aromatic carbocycles. The number of carboxylic acids is 1. The van der Waals surface area contributed by atoms with Gasteiger partial charge in [-0.05, 0) is 6.08 Å². The Balaban J connectivity index is 3.98. The molecule has 0 saturated carbocycles. The maximum Gasteiger partial charge on any atom is 0.333 e. The molecule has 0 aliphatic heterocycles. The van der Waals surface area contributed by atoms with Gasteiger partial charge in [0.1, 0.15) is 0 Å². The van der Waals surface area contributed by atoms with Gasteiger partial charge < -0.3 is 15.3 Å².